The summed E-state index contributed by atoms with van der Waals surface area (Å²) in [6.07, 6.45) is -0.145. The van der Waals surface area contributed by atoms with E-state index >= 15 is 0 Å². The van der Waals surface area contributed by atoms with Crippen LogP contribution in [-0.4, -0.2) is 49.2 Å². The number of H-pyrrole nitrogens is 1. The van der Waals surface area contributed by atoms with Crippen LogP contribution in [0.2, 0.25) is 0 Å². The van der Waals surface area contributed by atoms with Crippen LogP contribution >= 0.6 is 0 Å². The largest absolute Gasteiger partial charge is 0.475 e. The topological polar surface area (TPSA) is 90.5 Å². The van der Waals surface area contributed by atoms with Gasteiger partial charge in [-0.2, -0.15) is 4.98 Å². The van der Waals surface area contributed by atoms with Crippen molar-refractivity contribution >= 4 is 31.8 Å². The van der Waals surface area contributed by atoms with Crippen LogP contribution in [-0.2, 0) is 19.3 Å². The van der Waals surface area contributed by atoms with E-state index in [-0.39, 0.29) is 11.9 Å². The number of aromatic nitrogens is 2. The monoisotopic (exact) mass is 480 g/mol. The van der Waals surface area contributed by atoms with Gasteiger partial charge in [0.1, 0.15) is 18.4 Å². The number of aryl methyl sites for hydroxylation is 1. The summed E-state index contributed by atoms with van der Waals surface area (Å²) in [6.45, 7) is 8.23. The lowest BCUT2D eigenvalue weighted by Crippen LogP contribution is -2.25. The fourth-order valence-corrected chi connectivity index (χ4v) is 5.31. The molecule has 178 valence electrons. The fourth-order valence-electron chi connectivity index (χ4n) is 4.38. The molecule has 7 nitrogen and oxygen atoms in total. The van der Waals surface area contributed by atoms with Gasteiger partial charge in [0.2, 0.25) is 5.88 Å². The third-order valence-corrected chi connectivity index (χ3v) is 7.84. The Morgan fingerprint density at radius 2 is 1.97 bits per heavy atom. The minimum Gasteiger partial charge on any atom is -0.475 e. The number of rotatable bonds is 6. The Labute approximate surface area is 199 Å². The number of aromatic amines is 1. The summed E-state index contributed by atoms with van der Waals surface area (Å²) in [7, 11) is -3.30. The van der Waals surface area contributed by atoms with E-state index < -0.39 is 15.6 Å². The molecule has 0 radical (unpaired) electrons. The summed E-state index contributed by atoms with van der Waals surface area (Å²) in [5.41, 5.74) is 4.34. The number of sulfone groups is 1. The number of fused-ring (bicyclic) bond motifs is 3. The van der Waals surface area contributed by atoms with Gasteiger partial charge in [-0.3, -0.25) is 0 Å². The highest BCUT2D eigenvalue weighted by molar-refractivity contribution is 7.91. The molecule has 1 aliphatic rings. The molecule has 34 heavy (non-hydrogen) atoms. The van der Waals surface area contributed by atoms with Crippen molar-refractivity contribution in [3.63, 3.8) is 0 Å². The van der Waals surface area contributed by atoms with Gasteiger partial charge in [-0.05, 0) is 56.2 Å². The Bertz CT molecular complexity index is 1490. The molecule has 0 aliphatic carbocycles. The normalized spacial score (nSPS) is 18.1. The van der Waals surface area contributed by atoms with Crippen molar-refractivity contribution in [1.29, 1.82) is 0 Å². The molecule has 1 fully saturated rings. The molecule has 1 atom stereocenters. The molecule has 3 heterocycles. The van der Waals surface area contributed by atoms with E-state index in [0.29, 0.717) is 29.6 Å². The maximum absolute atomic E-state index is 12.4. The van der Waals surface area contributed by atoms with E-state index in [4.69, 9.17) is 19.2 Å². The Kier molecular flexibility index (Phi) is 5.62. The molecule has 2 aromatic heterocycles. The van der Waals surface area contributed by atoms with E-state index in [9.17, 15) is 8.42 Å². The van der Waals surface area contributed by atoms with Gasteiger partial charge in [-0.15, -0.1) is 0 Å². The summed E-state index contributed by atoms with van der Waals surface area (Å²) in [6, 6.07) is 15.1. The van der Waals surface area contributed by atoms with Crippen molar-refractivity contribution in [2.75, 3.05) is 19.0 Å². The molecule has 2 aromatic carbocycles. The number of hydrogen-bond acceptors (Lipinski definition) is 6. The molecular formula is C26H28N2O5S. The standard InChI is InChI=1S/C26H28N2O5S/c1-5-34(29,30)19-9-6-8-17(13-19)20-10-7-11-22-23(20)21-12-16(2)25(28-24(21)27-22)31-14-18-15-32-26(3,4)33-18/h6-13,18H,5,14-15H2,1-4H3,(H,27,28). The molecule has 0 amide bonds. The van der Waals surface area contributed by atoms with Gasteiger partial charge in [-0.1, -0.05) is 31.2 Å². The first-order valence-corrected chi connectivity index (χ1v) is 13.0. The molecule has 0 spiro atoms. The third-order valence-electron chi connectivity index (χ3n) is 6.11. The molecule has 8 heteroatoms. The summed E-state index contributed by atoms with van der Waals surface area (Å²) < 4.78 is 42.3. The number of nitrogens with zero attached hydrogens (tertiary/aromatic N) is 1. The molecule has 1 saturated heterocycles. The average Bonchev–Trinajstić information content (AvgIpc) is 3.36. The van der Waals surface area contributed by atoms with Crippen LogP contribution in [0.4, 0.5) is 0 Å². The molecule has 5 rings (SSSR count). The van der Waals surface area contributed by atoms with Crippen LogP contribution in [0.3, 0.4) is 0 Å². The Morgan fingerprint density at radius 3 is 2.71 bits per heavy atom. The number of nitrogens with one attached hydrogen (secondary N) is 1. The zero-order valence-corrected chi connectivity index (χ0v) is 20.5. The minimum atomic E-state index is -3.30. The zero-order chi connectivity index (χ0) is 24.1. The smallest absolute Gasteiger partial charge is 0.218 e. The third kappa shape index (κ3) is 4.17. The number of benzene rings is 2. The van der Waals surface area contributed by atoms with Gasteiger partial charge < -0.3 is 19.2 Å². The van der Waals surface area contributed by atoms with Gasteiger partial charge >= 0.3 is 0 Å². The molecule has 0 bridgehead atoms. The molecule has 0 saturated carbocycles. The highest BCUT2D eigenvalue weighted by Crippen LogP contribution is 2.36. The number of ether oxygens (including phenoxy) is 3. The molecular weight excluding hydrogens is 452 g/mol. The quantitative estimate of drug-likeness (QED) is 0.417. The highest BCUT2D eigenvalue weighted by atomic mass is 32.2. The van der Waals surface area contributed by atoms with Crippen molar-refractivity contribution in [2.24, 2.45) is 0 Å². The first-order chi connectivity index (χ1) is 16.2. The molecule has 4 aromatic rings. The Morgan fingerprint density at radius 1 is 1.18 bits per heavy atom. The summed E-state index contributed by atoms with van der Waals surface area (Å²) in [4.78, 5) is 8.46. The molecule has 1 aliphatic heterocycles. The van der Waals surface area contributed by atoms with Crippen LogP contribution in [0, 0.1) is 6.92 Å². The van der Waals surface area contributed by atoms with Crippen LogP contribution in [0.1, 0.15) is 26.3 Å². The van der Waals surface area contributed by atoms with Gasteiger partial charge in [0.15, 0.2) is 15.6 Å². The van der Waals surface area contributed by atoms with E-state index in [0.717, 1.165) is 33.0 Å². The van der Waals surface area contributed by atoms with Crippen molar-refractivity contribution in [2.45, 2.75) is 44.5 Å². The summed E-state index contributed by atoms with van der Waals surface area (Å²) in [5, 5.41) is 1.96. The van der Waals surface area contributed by atoms with Crippen LogP contribution in [0.15, 0.2) is 53.4 Å². The average molecular weight is 481 g/mol. The van der Waals surface area contributed by atoms with Gasteiger partial charge in [0.05, 0.1) is 17.3 Å². The van der Waals surface area contributed by atoms with Gasteiger partial charge in [0.25, 0.3) is 0 Å². The van der Waals surface area contributed by atoms with E-state index in [1.54, 1.807) is 25.1 Å². The second kappa shape index (κ2) is 8.37. The van der Waals surface area contributed by atoms with Crippen molar-refractivity contribution in [3.05, 3.63) is 54.1 Å². The number of hydrogen-bond donors (Lipinski definition) is 1. The van der Waals surface area contributed by atoms with Crippen molar-refractivity contribution in [1.82, 2.24) is 9.97 Å². The van der Waals surface area contributed by atoms with Crippen LogP contribution in [0.5, 0.6) is 5.88 Å². The number of pyridine rings is 1. The zero-order valence-electron chi connectivity index (χ0n) is 19.7. The lowest BCUT2D eigenvalue weighted by molar-refractivity contribution is -0.141. The lowest BCUT2D eigenvalue weighted by Gasteiger charge is -2.17. The van der Waals surface area contributed by atoms with E-state index in [1.807, 2.05) is 45.0 Å². The predicted molar refractivity (Wildman–Crippen MR) is 132 cm³/mol. The van der Waals surface area contributed by atoms with E-state index in [1.165, 1.54) is 0 Å². The Hall–Kier alpha value is -2.94. The van der Waals surface area contributed by atoms with Crippen LogP contribution < -0.4 is 4.74 Å². The predicted octanol–water partition coefficient (Wildman–Crippen LogP) is 5.02. The second-order valence-corrected chi connectivity index (χ2v) is 11.3. The lowest BCUT2D eigenvalue weighted by atomic mass is 9.99. The van der Waals surface area contributed by atoms with Crippen molar-refractivity contribution < 1.29 is 22.6 Å². The SMILES string of the molecule is CCS(=O)(=O)c1cccc(-c2cccc3[nH]c4nc(OCC5COC(C)(C)O5)c(C)cc4c23)c1. The first kappa shape index (κ1) is 22.8. The second-order valence-electron chi connectivity index (χ2n) is 9.05. The highest BCUT2D eigenvalue weighted by Gasteiger charge is 2.33. The maximum Gasteiger partial charge on any atom is 0.218 e. The Balaban J connectivity index is 1.54. The summed E-state index contributed by atoms with van der Waals surface area (Å²) >= 11 is 0. The maximum atomic E-state index is 12.4. The van der Waals surface area contributed by atoms with Crippen molar-refractivity contribution in [3.8, 4) is 17.0 Å². The van der Waals surface area contributed by atoms with Gasteiger partial charge in [-0.25, -0.2) is 8.42 Å². The molecule has 1 unspecified atom stereocenters. The fraction of sp³-hybridized carbons (Fsp3) is 0.346. The van der Waals surface area contributed by atoms with Gasteiger partial charge in [0, 0.05) is 21.9 Å². The summed E-state index contributed by atoms with van der Waals surface area (Å²) in [5.74, 6) is 0.0154. The first-order valence-electron chi connectivity index (χ1n) is 11.4. The minimum absolute atomic E-state index is 0.0646. The molecule has 1 N–H and O–H groups in total. The van der Waals surface area contributed by atoms with E-state index in [2.05, 4.69) is 11.1 Å². The van der Waals surface area contributed by atoms with Crippen LogP contribution in [0.25, 0.3) is 33.1 Å².